The number of anilines is 1. The van der Waals surface area contributed by atoms with Gasteiger partial charge in [-0.25, -0.2) is 0 Å². The van der Waals surface area contributed by atoms with Gasteiger partial charge in [0.15, 0.2) is 0 Å². The maximum absolute atomic E-state index is 11.7. The van der Waals surface area contributed by atoms with Crippen LogP contribution in [0.4, 0.5) is 5.69 Å². The molecule has 0 spiro atoms. The van der Waals surface area contributed by atoms with Gasteiger partial charge >= 0.3 is 0 Å². The highest BCUT2D eigenvalue weighted by Gasteiger charge is 2.07. The summed E-state index contributed by atoms with van der Waals surface area (Å²) >= 11 is 6.77. The molecule has 0 aliphatic rings. The summed E-state index contributed by atoms with van der Waals surface area (Å²) in [5.74, 6) is -0.0379. The second kappa shape index (κ2) is 7.13. The van der Waals surface area contributed by atoms with Crippen molar-refractivity contribution in [1.82, 2.24) is 5.32 Å². The predicted molar refractivity (Wildman–Crippen MR) is 78.2 cm³/mol. The maximum atomic E-state index is 11.7. The first-order valence-corrected chi connectivity index (χ1v) is 7.09. The van der Waals surface area contributed by atoms with Gasteiger partial charge in [-0.1, -0.05) is 22.9 Å². The lowest BCUT2D eigenvalue weighted by atomic mass is 10.2. The molecular formula is C12H16Br2N2O. The van der Waals surface area contributed by atoms with Crippen LogP contribution in [0.25, 0.3) is 0 Å². The van der Waals surface area contributed by atoms with E-state index in [-0.39, 0.29) is 5.91 Å². The Morgan fingerprint density at radius 1 is 1.41 bits per heavy atom. The molecule has 0 aliphatic carbocycles. The van der Waals surface area contributed by atoms with Crippen LogP contribution >= 0.6 is 31.9 Å². The highest BCUT2D eigenvalue weighted by molar-refractivity contribution is 9.11. The van der Waals surface area contributed by atoms with E-state index in [0.717, 1.165) is 21.1 Å². The van der Waals surface area contributed by atoms with E-state index in [0.29, 0.717) is 12.6 Å². The molecule has 1 unspecified atom stereocenters. The Bertz CT molecular complexity index is 396. The van der Waals surface area contributed by atoms with Gasteiger partial charge in [-0.3, -0.25) is 4.79 Å². The van der Waals surface area contributed by atoms with E-state index in [9.17, 15) is 4.79 Å². The number of rotatable bonds is 5. The number of hydrogen-bond donors (Lipinski definition) is 2. The van der Waals surface area contributed by atoms with Crippen molar-refractivity contribution < 1.29 is 4.79 Å². The van der Waals surface area contributed by atoms with Crippen molar-refractivity contribution >= 4 is 43.5 Å². The van der Waals surface area contributed by atoms with Gasteiger partial charge in [-0.05, 0) is 47.5 Å². The Morgan fingerprint density at radius 2 is 2.12 bits per heavy atom. The highest BCUT2D eigenvalue weighted by atomic mass is 79.9. The second-order valence-electron chi connectivity index (χ2n) is 3.86. The first-order valence-electron chi connectivity index (χ1n) is 5.51. The van der Waals surface area contributed by atoms with Crippen LogP contribution in [-0.4, -0.2) is 18.5 Å². The number of benzene rings is 1. The van der Waals surface area contributed by atoms with Gasteiger partial charge in [0, 0.05) is 15.0 Å². The predicted octanol–water partition coefficient (Wildman–Crippen LogP) is 3.54. The van der Waals surface area contributed by atoms with Crippen molar-refractivity contribution in [2.24, 2.45) is 0 Å². The third-order valence-corrected chi connectivity index (χ3v) is 3.61. The lowest BCUT2D eigenvalue weighted by molar-refractivity contribution is -0.115. The minimum Gasteiger partial charge on any atom is -0.324 e. The number of hydrogen-bond acceptors (Lipinski definition) is 2. The van der Waals surface area contributed by atoms with Crippen molar-refractivity contribution in [2.45, 2.75) is 26.3 Å². The van der Waals surface area contributed by atoms with Crippen LogP contribution in [0.3, 0.4) is 0 Å². The smallest absolute Gasteiger partial charge is 0.238 e. The Labute approximate surface area is 119 Å². The van der Waals surface area contributed by atoms with Crippen LogP contribution in [0.2, 0.25) is 0 Å². The second-order valence-corrected chi connectivity index (χ2v) is 5.63. The van der Waals surface area contributed by atoms with Gasteiger partial charge < -0.3 is 10.6 Å². The molecule has 1 aromatic carbocycles. The van der Waals surface area contributed by atoms with E-state index in [1.165, 1.54) is 0 Å². The molecule has 1 rings (SSSR count). The van der Waals surface area contributed by atoms with Gasteiger partial charge in [0.1, 0.15) is 0 Å². The topological polar surface area (TPSA) is 41.1 Å². The number of carbonyl (C=O) groups excluding carboxylic acids is 1. The Kier molecular flexibility index (Phi) is 6.16. The number of nitrogens with one attached hydrogen (secondary N) is 2. The van der Waals surface area contributed by atoms with E-state index in [1.54, 1.807) is 0 Å². The minimum absolute atomic E-state index is 0.0379. The standard InChI is InChI=1S/C12H16Br2N2O/c1-3-8(2)15-7-12(17)16-11-6-9(13)4-5-10(11)14/h4-6,8,15H,3,7H2,1-2H3,(H,16,17). The third-order valence-electron chi connectivity index (χ3n) is 2.43. The fourth-order valence-electron chi connectivity index (χ4n) is 1.20. The molecule has 3 nitrogen and oxygen atoms in total. The van der Waals surface area contributed by atoms with Crippen LogP contribution in [0, 0.1) is 0 Å². The van der Waals surface area contributed by atoms with Crippen molar-refractivity contribution in [2.75, 3.05) is 11.9 Å². The van der Waals surface area contributed by atoms with Gasteiger partial charge in [-0.15, -0.1) is 0 Å². The van der Waals surface area contributed by atoms with Crippen LogP contribution in [0.5, 0.6) is 0 Å². The SMILES string of the molecule is CCC(C)NCC(=O)Nc1cc(Br)ccc1Br. The summed E-state index contributed by atoms with van der Waals surface area (Å²) in [5, 5.41) is 6.00. The largest absolute Gasteiger partial charge is 0.324 e. The molecular weight excluding hydrogens is 348 g/mol. The van der Waals surface area contributed by atoms with Gasteiger partial charge in [0.25, 0.3) is 0 Å². The fourth-order valence-corrected chi connectivity index (χ4v) is 1.91. The van der Waals surface area contributed by atoms with E-state index in [1.807, 2.05) is 18.2 Å². The third kappa shape index (κ3) is 5.19. The molecule has 1 aromatic rings. The van der Waals surface area contributed by atoms with E-state index < -0.39 is 0 Å². The summed E-state index contributed by atoms with van der Waals surface area (Å²) in [4.78, 5) is 11.7. The molecule has 1 amide bonds. The first kappa shape index (κ1) is 14.7. The monoisotopic (exact) mass is 362 g/mol. The number of carbonyl (C=O) groups is 1. The summed E-state index contributed by atoms with van der Waals surface area (Å²) in [5.41, 5.74) is 0.773. The average Bonchev–Trinajstić information content (AvgIpc) is 2.30. The maximum Gasteiger partial charge on any atom is 0.238 e. The Morgan fingerprint density at radius 3 is 2.76 bits per heavy atom. The molecule has 94 valence electrons. The van der Waals surface area contributed by atoms with Gasteiger partial charge in [-0.2, -0.15) is 0 Å². The summed E-state index contributed by atoms with van der Waals surface area (Å²) < 4.78 is 1.81. The number of amides is 1. The van der Waals surface area contributed by atoms with Crippen LogP contribution in [0.15, 0.2) is 27.1 Å². The highest BCUT2D eigenvalue weighted by Crippen LogP contribution is 2.25. The quantitative estimate of drug-likeness (QED) is 0.840. The lowest BCUT2D eigenvalue weighted by Gasteiger charge is -2.12. The van der Waals surface area contributed by atoms with Crippen molar-refractivity contribution in [3.05, 3.63) is 27.1 Å². The average molecular weight is 364 g/mol. The Hall–Kier alpha value is -0.390. The normalized spacial score (nSPS) is 12.2. The van der Waals surface area contributed by atoms with Crippen LogP contribution < -0.4 is 10.6 Å². The first-order chi connectivity index (χ1) is 8.02. The van der Waals surface area contributed by atoms with Crippen molar-refractivity contribution in [3.63, 3.8) is 0 Å². The van der Waals surface area contributed by atoms with Gasteiger partial charge in [0.05, 0.1) is 12.2 Å². The van der Waals surface area contributed by atoms with E-state index >= 15 is 0 Å². The minimum atomic E-state index is -0.0379. The zero-order valence-corrected chi connectivity index (χ0v) is 13.1. The summed E-state index contributed by atoms with van der Waals surface area (Å²) in [7, 11) is 0. The molecule has 0 radical (unpaired) electrons. The molecule has 0 aliphatic heterocycles. The van der Waals surface area contributed by atoms with Crippen molar-refractivity contribution in [1.29, 1.82) is 0 Å². The molecule has 0 aromatic heterocycles. The fraction of sp³-hybridized carbons (Fsp3) is 0.417. The molecule has 5 heteroatoms. The lowest BCUT2D eigenvalue weighted by Crippen LogP contribution is -2.34. The van der Waals surface area contributed by atoms with Crippen LogP contribution in [-0.2, 0) is 4.79 Å². The number of halogens is 2. The molecule has 0 saturated carbocycles. The summed E-state index contributed by atoms with van der Waals surface area (Å²) in [6.45, 7) is 4.47. The molecule has 0 heterocycles. The van der Waals surface area contributed by atoms with Gasteiger partial charge in [0.2, 0.25) is 5.91 Å². The summed E-state index contributed by atoms with van der Waals surface area (Å²) in [6.07, 6.45) is 1.01. The molecule has 0 fully saturated rings. The molecule has 2 N–H and O–H groups in total. The van der Waals surface area contributed by atoms with Crippen molar-refractivity contribution in [3.8, 4) is 0 Å². The molecule has 17 heavy (non-hydrogen) atoms. The molecule has 0 saturated heterocycles. The summed E-state index contributed by atoms with van der Waals surface area (Å²) in [6, 6.07) is 6.02. The van der Waals surface area contributed by atoms with Crippen LogP contribution in [0.1, 0.15) is 20.3 Å². The molecule has 1 atom stereocenters. The zero-order chi connectivity index (χ0) is 12.8. The molecule has 0 bridgehead atoms. The van der Waals surface area contributed by atoms with E-state index in [4.69, 9.17) is 0 Å². The Balaban J connectivity index is 2.53. The van der Waals surface area contributed by atoms with E-state index in [2.05, 4.69) is 56.3 Å². The zero-order valence-electron chi connectivity index (χ0n) is 9.89.